The molecule has 0 saturated heterocycles. The summed E-state index contributed by atoms with van der Waals surface area (Å²) in [6.07, 6.45) is 0.0947. The van der Waals surface area contributed by atoms with E-state index in [1.807, 2.05) is 24.3 Å². The zero-order valence-corrected chi connectivity index (χ0v) is 14.9. The van der Waals surface area contributed by atoms with Crippen molar-refractivity contribution in [3.8, 4) is 11.5 Å². The van der Waals surface area contributed by atoms with Gasteiger partial charge in [-0.05, 0) is 29.8 Å². The van der Waals surface area contributed by atoms with E-state index in [1.54, 1.807) is 16.7 Å². The molecule has 140 valence electrons. The van der Waals surface area contributed by atoms with Gasteiger partial charge in [-0.25, -0.2) is 4.98 Å². The number of imidazole rings is 1. The lowest BCUT2D eigenvalue weighted by atomic mass is 9.79. The van der Waals surface area contributed by atoms with Gasteiger partial charge in [0.25, 0.3) is 0 Å². The van der Waals surface area contributed by atoms with Crippen molar-refractivity contribution in [3.05, 3.63) is 48.0 Å². The molecule has 0 radical (unpaired) electrons. The van der Waals surface area contributed by atoms with E-state index in [0.717, 1.165) is 11.1 Å². The van der Waals surface area contributed by atoms with Gasteiger partial charge >= 0.3 is 0 Å². The molecule has 0 fully saturated rings. The van der Waals surface area contributed by atoms with Gasteiger partial charge < -0.3 is 9.84 Å². The number of para-hydroxylation sites is 2. The predicted molar refractivity (Wildman–Crippen MR) is 102 cm³/mol. The second-order valence-electron chi connectivity index (χ2n) is 6.83. The molecule has 0 spiro atoms. The number of nitrogens with zero attached hydrogens (tertiary/aromatic N) is 3. The highest BCUT2D eigenvalue weighted by Gasteiger charge is 2.44. The maximum Gasteiger partial charge on any atom is 0.248 e. The van der Waals surface area contributed by atoms with Crippen LogP contribution in [-0.2, 0) is 9.59 Å². The summed E-state index contributed by atoms with van der Waals surface area (Å²) in [5.74, 6) is -0.621. The number of aliphatic imine (C=N–C) groups is 1. The van der Waals surface area contributed by atoms with Gasteiger partial charge in [0, 0.05) is 12.3 Å². The van der Waals surface area contributed by atoms with Crippen molar-refractivity contribution < 1.29 is 19.4 Å². The number of nitrogens with one attached hydrogen (secondary N) is 1. The van der Waals surface area contributed by atoms with Crippen molar-refractivity contribution in [3.63, 3.8) is 0 Å². The van der Waals surface area contributed by atoms with Crippen LogP contribution in [0.1, 0.15) is 17.9 Å². The first kappa shape index (κ1) is 16.5. The van der Waals surface area contributed by atoms with Gasteiger partial charge in [-0.3, -0.25) is 19.5 Å². The van der Waals surface area contributed by atoms with Crippen LogP contribution in [0.4, 0.5) is 5.95 Å². The smallest absolute Gasteiger partial charge is 0.248 e. The van der Waals surface area contributed by atoms with Gasteiger partial charge in [-0.2, -0.15) is 4.99 Å². The molecule has 5 rings (SSSR count). The molecular weight excluding hydrogens is 360 g/mol. The molecular formula is C20H16N4O4. The number of benzene rings is 2. The first-order chi connectivity index (χ1) is 13.6. The summed E-state index contributed by atoms with van der Waals surface area (Å²) in [7, 11) is 1.45. The minimum absolute atomic E-state index is 0.00161. The number of aromatic hydroxyl groups is 1. The fourth-order valence-electron chi connectivity index (χ4n) is 3.98. The molecule has 2 amide bonds. The number of hydrogen-bond acceptors (Lipinski definition) is 5. The Morgan fingerprint density at radius 1 is 1.21 bits per heavy atom. The van der Waals surface area contributed by atoms with Gasteiger partial charge in [0.05, 0.1) is 18.1 Å². The molecule has 2 aromatic carbocycles. The Hall–Kier alpha value is -3.68. The summed E-state index contributed by atoms with van der Waals surface area (Å²) in [5.41, 5.74) is 2.21. The molecule has 2 unspecified atom stereocenters. The number of carbonyl (C=O) groups is 2. The molecule has 8 nitrogen and oxygen atoms in total. The minimum Gasteiger partial charge on any atom is -0.504 e. The lowest BCUT2D eigenvalue weighted by molar-refractivity contribution is -0.121. The van der Waals surface area contributed by atoms with Gasteiger partial charge in [0.1, 0.15) is 11.8 Å². The Bertz CT molecular complexity index is 1180. The summed E-state index contributed by atoms with van der Waals surface area (Å²) < 4.78 is 6.93. The minimum atomic E-state index is -0.656. The predicted octanol–water partition coefficient (Wildman–Crippen LogP) is 2.28. The number of methoxy groups -OCH3 is 1. The van der Waals surface area contributed by atoms with E-state index in [2.05, 4.69) is 15.3 Å². The number of rotatable bonds is 2. The normalized spacial score (nSPS) is 21.0. The third kappa shape index (κ3) is 2.31. The van der Waals surface area contributed by atoms with Crippen LogP contribution in [0.2, 0.25) is 0 Å². The molecule has 0 saturated carbocycles. The Morgan fingerprint density at radius 3 is 2.86 bits per heavy atom. The standard InChI is InChI=1S/C20H16N4O4/c1-28-15-8-10(6-7-14(15)25)11-9-16(26)22-18-17(11)19(27)23-20-21-12-4-2-3-5-13(12)24(18)20/h2-8,11,17,25H,9H2,1H3,(H,21,23,27). The molecule has 2 aliphatic rings. The number of fused-ring (bicyclic) bond motifs is 5. The highest BCUT2D eigenvalue weighted by molar-refractivity contribution is 6.20. The highest BCUT2D eigenvalue weighted by atomic mass is 16.5. The average molecular weight is 376 g/mol. The Labute approximate surface area is 159 Å². The van der Waals surface area contributed by atoms with Crippen LogP contribution in [0.3, 0.4) is 0 Å². The van der Waals surface area contributed by atoms with Crippen molar-refractivity contribution in [1.82, 2.24) is 9.55 Å². The van der Waals surface area contributed by atoms with Crippen molar-refractivity contribution >= 4 is 34.6 Å². The maximum absolute atomic E-state index is 12.9. The van der Waals surface area contributed by atoms with Crippen molar-refractivity contribution in [1.29, 1.82) is 0 Å². The molecule has 0 aliphatic carbocycles. The fourth-order valence-corrected chi connectivity index (χ4v) is 3.98. The Morgan fingerprint density at radius 2 is 2.04 bits per heavy atom. The molecule has 2 atom stereocenters. The first-order valence-electron chi connectivity index (χ1n) is 8.84. The SMILES string of the molecule is COc1cc(C2CC(=O)N=C3C2C(=O)Nc2nc4ccccc4n23)ccc1O. The highest BCUT2D eigenvalue weighted by Crippen LogP contribution is 2.40. The summed E-state index contributed by atoms with van der Waals surface area (Å²) in [6.45, 7) is 0. The summed E-state index contributed by atoms with van der Waals surface area (Å²) in [6, 6.07) is 12.3. The number of phenols is 1. The van der Waals surface area contributed by atoms with Crippen molar-refractivity contribution in [2.24, 2.45) is 10.9 Å². The number of anilines is 1. The van der Waals surface area contributed by atoms with Crippen LogP contribution in [-0.4, -0.2) is 39.4 Å². The van der Waals surface area contributed by atoms with E-state index in [1.165, 1.54) is 13.2 Å². The molecule has 28 heavy (non-hydrogen) atoms. The molecule has 1 aromatic heterocycles. The molecule has 3 heterocycles. The summed E-state index contributed by atoms with van der Waals surface area (Å²) in [5, 5.41) is 12.7. The lowest BCUT2D eigenvalue weighted by Gasteiger charge is -2.34. The Kier molecular flexibility index (Phi) is 3.48. The first-order valence-corrected chi connectivity index (χ1v) is 8.84. The van der Waals surface area contributed by atoms with E-state index in [4.69, 9.17) is 4.74 Å². The largest absolute Gasteiger partial charge is 0.504 e. The van der Waals surface area contributed by atoms with E-state index in [9.17, 15) is 14.7 Å². The number of phenolic OH excluding ortho intramolecular Hbond substituents is 1. The van der Waals surface area contributed by atoms with E-state index in [-0.39, 0.29) is 24.0 Å². The van der Waals surface area contributed by atoms with Crippen LogP contribution in [0.25, 0.3) is 11.0 Å². The van der Waals surface area contributed by atoms with Gasteiger partial charge in [-0.15, -0.1) is 0 Å². The van der Waals surface area contributed by atoms with Crippen molar-refractivity contribution in [2.75, 3.05) is 12.4 Å². The van der Waals surface area contributed by atoms with Crippen LogP contribution < -0.4 is 10.1 Å². The van der Waals surface area contributed by atoms with Gasteiger partial charge in [0.15, 0.2) is 11.5 Å². The fraction of sp³-hybridized carbons (Fsp3) is 0.200. The Balaban J connectivity index is 1.69. The average Bonchev–Trinajstić information content (AvgIpc) is 3.06. The summed E-state index contributed by atoms with van der Waals surface area (Å²) in [4.78, 5) is 34.1. The number of carbonyl (C=O) groups excluding carboxylic acids is 2. The zero-order valence-electron chi connectivity index (χ0n) is 14.9. The number of hydrogen-bond donors (Lipinski definition) is 2. The lowest BCUT2D eigenvalue weighted by Crippen LogP contribution is -2.46. The topological polar surface area (TPSA) is 106 Å². The second-order valence-corrected chi connectivity index (χ2v) is 6.83. The molecule has 8 heteroatoms. The van der Waals surface area contributed by atoms with E-state index >= 15 is 0 Å². The summed E-state index contributed by atoms with van der Waals surface area (Å²) >= 11 is 0. The van der Waals surface area contributed by atoms with Crippen LogP contribution >= 0.6 is 0 Å². The third-order valence-electron chi connectivity index (χ3n) is 5.25. The van der Waals surface area contributed by atoms with Gasteiger partial charge in [-0.1, -0.05) is 18.2 Å². The zero-order chi connectivity index (χ0) is 19.4. The van der Waals surface area contributed by atoms with Crippen molar-refractivity contribution in [2.45, 2.75) is 12.3 Å². The van der Waals surface area contributed by atoms with E-state index in [0.29, 0.717) is 23.1 Å². The number of ether oxygens (including phenoxy) is 1. The molecule has 2 N–H and O–H groups in total. The van der Waals surface area contributed by atoms with Gasteiger partial charge in [0.2, 0.25) is 17.8 Å². The van der Waals surface area contributed by atoms with Crippen LogP contribution in [0.15, 0.2) is 47.5 Å². The molecule has 0 bridgehead atoms. The number of amides is 2. The quantitative estimate of drug-likeness (QED) is 0.714. The second kappa shape index (κ2) is 5.91. The number of aromatic nitrogens is 2. The van der Waals surface area contributed by atoms with Crippen LogP contribution in [0, 0.1) is 5.92 Å². The monoisotopic (exact) mass is 376 g/mol. The molecule has 3 aromatic rings. The maximum atomic E-state index is 12.9. The third-order valence-corrected chi connectivity index (χ3v) is 5.25. The molecule has 2 aliphatic heterocycles. The van der Waals surface area contributed by atoms with Crippen LogP contribution in [0.5, 0.6) is 11.5 Å². The van der Waals surface area contributed by atoms with E-state index < -0.39 is 11.8 Å².